The molecule has 7 heteroatoms. The first-order valence-corrected chi connectivity index (χ1v) is 6.10. The molecule has 0 aliphatic rings. The lowest BCUT2D eigenvalue weighted by atomic mass is 9.93. The first kappa shape index (κ1) is 17.7. The summed E-state index contributed by atoms with van der Waals surface area (Å²) >= 11 is 0. The molecule has 0 spiro atoms. The van der Waals surface area contributed by atoms with Crippen molar-refractivity contribution in [2.24, 2.45) is 0 Å². The Labute approximate surface area is 112 Å². The number of likely N-dealkylation sites (N-methyl/N-ethyl adjacent to an activating group) is 2. The molecule has 110 valence electrons. The van der Waals surface area contributed by atoms with E-state index in [1.54, 1.807) is 11.9 Å². The third-order valence-electron chi connectivity index (χ3n) is 2.87. The van der Waals surface area contributed by atoms with Crippen LogP contribution in [0.5, 0.6) is 0 Å². The van der Waals surface area contributed by atoms with Gasteiger partial charge in [-0.3, -0.25) is 14.4 Å². The second-order valence-corrected chi connectivity index (χ2v) is 4.31. The van der Waals surface area contributed by atoms with Crippen LogP contribution in [-0.2, 0) is 19.1 Å². The predicted octanol–water partition coefficient (Wildman–Crippen LogP) is -1.41. The highest BCUT2D eigenvalue weighted by atomic mass is 16.6. The van der Waals surface area contributed by atoms with Crippen LogP contribution in [0.15, 0.2) is 0 Å². The van der Waals surface area contributed by atoms with Crippen molar-refractivity contribution in [3.8, 4) is 0 Å². The van der Waals surface area contributed by atoms with Crippen LogP contribution in [0.1, 0.15) is 13.8 Å². The molecule has 0 fully saturated rings. The van der Waals surface area contributed by atoms with Crippen LogP contribution in [0.4, 0.5) is 0 Å². The number of aliphatic hydroxyl groups is 1. The van der Waals surface area contributed by atoms with Gasteiger partial charge in [-0.1, -0.05) is 6.92 Å². The lowest BCUT2D eigenvalue weighted by Gasteiger charge is -2.31. The fraction of sp³-hybridized carbons (Fsp3) is 0.750. The number of carbonyl (C=O) groups excluding carboxylic acids is 3. The molecule has 0 amide bonds. The molecule has 0 saturated carbocycles. The molecule has 7 nitrogen and oxygen atoms in total. The van der Waals surface area contributed by atoms with Crippen molar-refractivity contribution in [3.05, 3.63) is 0 Å². The van der Waals surface area contributed by atoms with Crippen LogP contribution in [0.25, 0.3) is 0 Å². The van der Waals surface area contributed by atoms with Crippen LogP contribution in [-0.4, -0.2) is 73.5 Å². The average molecular weight is 274 g/mol. The minimum absolute atomic E-state index is 0.00232. The van der Waals surface area contributed by atoms with Crippen LogP contribution in [0.3, 0.4) is 0 Å². The lowest BCUT2D eigenvalue weighted by molar-refractivity contribution is -0.171. The first-order valence-electron chi connectivity index (χ1n) is 6.10. The number of Topliss-reactive ketones (excluding diaryl/α,β-unsaturated/α-hetero) is 1. The highest BCUT2D eigenvalue weighted by Gasteiger charge is 2.45. The number of ether oxygens (including phenoxy) is 1. The van der Waals surface area contributed by atoms with E-state index in [0.717, 1.165) is 13.5 Å². The molecule has 2 atom stereocenters. The van der Waals surface area contributed by atoms with E-state index in [-0.39, 0.29) is 19.3 Å². The third kappa shape index (κ3) is 5.06. The summed E-state index contributed by atoms with van der Waals surface area (Å²) < 4.78 is 4.54. The molecule has 2 N–H and O–H groups in total. The maximum absolute atomic E-state index is 11.5. The highest BCUT2D eigenvalue weighted by Crippen LogP contribution is 2.15. The molecule has 19 heavy (non-hydrogen) atoms. The van der Waals surface area contributed by atoms with E-state index in [2.05, 4.69) is 10.1 Å². The van der Waals surface area contributed by atoms with Crippen molar-refractivity contribution >= 4 is 18.5 Å². The zero-order valence-electron chi connectivity index (χ0n) is 11.6. The normalized spacial score (nSPS) is 15.6. The number of ketones is 1. The molecule has 0 aromatic carbocycles. The molecule has 0 rings (SSSR count). The second kappa shape index (κ2) is 8.73. The van der Waals surface area contributed by atoms with E-state index in [9.17, 15) is 19.5 Å². The molecule has 0 radical (unpaired) electrons. The Kier molecular flexibility index (Phi) is 8.13. The topological polar surface area (TPSA) is 95.9 Å². The number of nitrogens with zero attached hydrogens (tertiary/aromatic N) is 1. The number of aldehydes is 1. The van der Waals surface area contributed by atoms with Crippen molar-refractivity contribution in [2.45, 2.75) is 25.6 Å². The van der Waals surface area contributed by atoms with E-state index >= 15 is 0 Å². The zero-order chi connectivity index (χ0) is 14.9. The van der Waals surface area contributed by atoms with Gasteiger partial charge in [0.1, 0.15) is 6.10 Å². The Morgan fingerprint density at radius 3 is 2.58 bits per heavy atom. The Hall–Kier alpha value is -1.31. The fourth-order valence-electron chi connectivity index (χ4n) is 1.63. The number of hydrogen-bond donors (Lipinski definition) is 2. The molecule has 0 heterocycles. The molecule has 0 aliphatic heterocycles. The number of rotatable bonds is 11. The predicted molar refractivity (Wildman–Crippen MR) is 68.7 cm³/mol. The average Bonchev–Trinajstić information content (AvgIpc) is 2.35. The van der Waals surface area contributed by atoms with Gasteiger partial charge in [-0.15, -0.1) is 0 Å². The summed E-state index contributed by atoms with van der Waals surface area (Å²) in [6, 6.07) is 0. The van der Waals surface area contributed by atoms with E-state index in [4.69, 9.17) is 0 Å². The Bertz CT molecular complexity index is 310. The smallest absolute Gasteiger partial charge is 0.294 e. The maximum atomic E-state index is 11.5. The van der Waals surface area contributed by atoms with Gasteiger partial charge in [-0.25, -0.2) is 0 Å². The van der Waals surface area contributed by atoms with Gasteiger partial charge in [0.05, 0.1) is 0 Å². The number of hydrogen-bond acceptors (Lipinski definition) is 7. The summed E-state index contributed by atoms with van der Waals surface area (Å²) in [5.41, 5.74) is -2.12. The van der Waals surface area contributed by atoms with Gasteiger partial charge >= 0.3 is 0 Å². The van der Waals surface area contributed by atoms with Crippen molar-refractivity contribution in [1.82, 2.24) is 10.2 Å². The van der Waals surface area contributed by atoms with Crippen LogP contribution < -0.4 is 5.32 Å². The van der Waals surface area contributed by atoms with Gasteiger partial charge in [0.2, 0.25) is 0 Å². The molecular weight excluding hydrogens is 252 g/mol. The zero-order valence-corrected chi connectivity index (χ0v) is 11.6. The quantitative estimate of drug-likeness (QED) is 0.271. The van der Waals surface area contributed by atoms with Gasteiger partial charge < -0.3 is 20.1 Å². The molecule has 0 saturated heterocycles. The summed E-state index contributed by atoms with van der Waals surface area (Å²) in [5.74, 6) is -0.706. The summed E-state index contributed by atoms with van der Waals surface area (Å²) in [5, 5.41) is 13.1. The van der Waals surface area contributed by atoms with Crippen molar-refractivity contribution < 1.29 is 24.2 Å². The van der Waals surface area contributed by atoms with Gasteiger partial charge in [0.15, 0.2) is 12.1 Å². The maximum Gasteiger partial charge on any atom is 0.294 e. The Balaban J connectivity index is 4.63. The number of aliphatic hydroxyl groups excluding tert-OH is 1. The molecule has 2 unspecified atom stereocenters. The fourth-order valence-corrected chi connectivity index (χ4v) is 1.63. The largest absolute Gasteiger partial charge is 0.443 e. The number of nitrogens with one attached hydrogen (secondary N) is 1. The second-order valence-electron chi connectivity index (χ2n) is 4.31. The first-order chi connectivity index (χ1) is 8.94. The van der Waals surface area contributed by atoms with Crippen LogP contribution in [0, 0.1) is 0 Å². The van der Waals surface area contributed by atoms with E-state index in [0.29, 0.717) is 13.1 Å². The Morgan fingerprint density at radius 2 is 2.16 bits per heavy atom. The summed E-state index contributed by atoms with van der Waals surface area (Å²) in [6.45, 7) is 5.27. The van der Waals surface area contributed by atoms with Gasteiger partial charge in [0, 0.05) is 19.6 Å². The van der Waals surface area contributed by atoms with E-state index in [1.807, 2.05) is 6.92 Å². The molecule has 0 bridgehead atoms. The van der Waals surface area contributed by atoms with Gasteiger partial charge in [-0.2, -0.15) is 0 Å². The summed E-state index contributed by atoms with van der Waals surface area (Å²) in [4.78, 5) is 34.7. The number of carbonyl (C=O) groups is 3. The minimum atomic E-state index is -2.12. The van der Waals surface area contributed by atoms with Crippen molar-refractivity contribution in [1.29, 1.82) is 0 Å². The van der Waals surface area contributed by atoms with Gasteiger partial charge in [0.25, 0.3) is 12.1 Å². The third-order valence-corrected chi connectivity index (χ3v) is 2.87. The Morgan fingerprint density at radius 1 is 1.53 bits per heavy atom. The summed E-state index contributed by atoms with van der Waals surface area (Å²) in [7, 11) is 1.73. The van der Waals surface area contributed by atoms with Gasteiger partial charge in [-0.05, 0) is 20.5 Å². The van der Waals surface area contributed by atoms with Crippen LogP contribution in [0.2, 0.25) is 0 Å². The molecule has 0 aromatic rings. The minimum Gasteiger partial charge on any atom is -0.443 e. The SMILES string of the molecule is CCNCCN(C)CC(O)C(C=O)(OC=O)C(C)=O. The molecule has 0 aliphatic carbocycles. The van der Waals surface area contributed by atoms with E-state index < -0.39 is 17.5 Å². The molecular formula is C12H22N2O5. The highest BCUT2D eigenvalue weighted by molar-refractivity contribution is 6.01. The van der Waals surface area contributed by atoms with Crippen LogP contribution >= 0.6 is 0 Å². The summed E-state index contributed by atoms with van der Waals surface area (Å²) in [6.07, 6.45) is -1.23. The van der Waals surface area contributed by atoms with Crippen molar-refractivity contribution in [3.63, 3.8) is 0 Å². The standard InChI is InChI=1S/C12H22N2O5/c1-4-13-5-6-14(3)7-11(18)12(8-15,10(2)17)19-9-16/h8-9,11,13,18H,4-7H2,1-3H3. The van der Waals surface area contributed by atoms with Crippen molar-refractivity contribution in [2.75, 3.05) is 33.2 Å². The van der Waals surface area contributed by atoms with E-state index in [1.165, 1.54) is 0 Å². The monoisotopic (exact) mass is 274 g/mol. The molecule has 0 aromatic heterocycles. The lowest BCUT2D eigenvalue weighted by Crippen LogP contribution is -2.56.